The number of methoxy groups -OCH3 is 1. The molecule has 0 aromatic heterocycles. The van der Waals surface area contributed by atoms with Gasteiger partial charge in [-0.15, -0.1) is 0 Å². The molecule has 0 aliphatic rings. The molecule has 0 fully saturated rings. The van der Waals surface area contributed by atoms with Gasteiger partial charge in [0.25, 0.3) is 0 Å². The molecule has 0 rings (SSSR count). The van der Waals surface area contributed by atoms with Crippen molar-refractivity contribution >= 4 is 0 Å². The minimum Gasteiger partial charge on any atom is -0.394 e. The van der Waals surface area contributed by atoms with Gasteiger partial charge >= 0.3 is 0 Å². The van der Waals surface area contributed by atoms with Crippen LogP contribution in [0.4, 0.5) is 0 Å². The van der Waals surface area contributed by atoms with Gasteiger partial charge in [0, 0.05) is 7.11 Å². The highest BCUT2D eigenvalue weighted by Gasteiger charge is 2.24. The quantitative estimate of drug-likeness (QED) is 0.0269. The van der Waals surface area contributed by atoms with Crippen LogP contribution in [-0.2, 0) is 75.8 Å². The van der Waals surface area contributed by atoms with E-state index in [9.17, 15) is 66.4 Å². The first-order valence-electron chi connectivity index (χ1n) is 26.9. The smallest absolute Gasteiger partial charge is 0.104 e. The molecule has 33 heteroatoms. The Morgan fingerprint density at radius 3 is 0.634 bits per heavy atom. The molecule has 0 aliphatic carbocycles. The van der Waals surface area contributed by atoms with E-state index < -0.39 is 157 Å². The van der Waals surface area contributed by atoms with Crippen molar-refractivity contribution in [1.82, 2.24) is 0 Å². The van der Waals surface area contributed by atoms with Gasteiger partial charge in [-0.2, -0.15) is 0 Å². The van der Waals surface area contributed by atoms with Crippen LogP contribution in [0.15, 0.2) is 0 Å². The molecule has 0 saturated heterocycles. The third kappa shape index (κ3) is 45.9. The van der Waals surface area contributed by atoms with Crippen molar-refractivity contribution in [3.8, 4) is 0 Å². The number of rotatable bonds is 63. The van der Waals surface area contributed by atoms with Gasteiger partial charge in [-0.05, 0) is 0 Å². The van der Waals surface area contributed by atoms with Crippen molar-refractivity contribution in [2.24, 2.45) is 0 Å². The topological polar surface area (TPSA) is 492 Å². The second kappa shape index (κ2) is 55.0. The fraction of sp³-hybridized carbons (Fsp3) is 1.00. The van der Waals surface area contributed by atoms with Crippen molar-refractivity contribution < 1.29 is 163 Å². The molecule has 0 heterocycles. The molecular formula is C49H100O33. The first-order chi connectivity index (χ1) is 39.5. The van der Waals surface area contributed by atoms with Crippen molar-refractivity contribution in [3.05, 3.63) is 0 Å². The lowest BCUT2D eigenvalue weighted by Crippen LogP contribution is -2.38. The van der Waals surface area contributed by atoms with Crippen LogP contribution in [0.1, 0.15) is 0 Å². The molecule has 16 unspecified atom stereocenters. The summed E-state index contributed by atoms with van der Waals surface area (Å²) in [7, 11) is 1.41. The summed E-state index contributed by atoms with van der Waals surface area (Å²) >= 11 is 0. The maximum absolute atomic E-state index is 10.6. The van der Waals surface area contributed by atoms with Crippen LogP contribution in [0, 0.1) is 0 Å². The number of ether oxygens (including phenoxy) is 16. The number of aliphatic hydroxyl groups is 17. The van der Waals surface area contributed by atoms with Crippen LogP contribution in [0.3, 0.4) is 0 Å². The van der Waals surface area contributed by atoms with Gasteiger partial charge < -0.3 is 163 Å². The summed E-state index contributed by atoms with van der Waals surface area (Å²) in [5, 5.41) is 164. The van der Waals surface area contributed by atoms with Gasteiger partial charge in [0.15, 0.2) is 0 Å². The van der Waals surface area contributed by atoms with E-state index in [1.807, 2.05) is 0 Å². The Morgan fingerprint density at radius 2 is 0.354 bits per heavy atom. The molecular weight excluding hydrogens is 1120 g/mol. The Morgan fingerprint density at radius 1 is 0.183 bits per heavy atom. The van der Waals surface area contributed by atoms with E-state index in [-0.39, 0.29) is 152 Å². The van der Waals surface area contributed by atoms with Crippen LogP contribution in [0.25, 0.3) is 0 Å². The lowest BCUT2D eigenvalue weighted by Gasteiger charge is -2.27. The third-order valence-corrected chi connectivity index (χ3v) is 10.7. The Kier molecular flexibility index (Phi) is 54.1. The lowest BCUT2D eigenvalue weighted by molar-refractivity contribution is -0.149. The SMILES string of the molecule is COCC(COCC(COCC(COCC(O)CO)OCC(CO)OCC(O)CO)OCC(O)COCC(O)CO)OCC(COCC(COCC(CO)OCC(O)CO)OCC(O)COCC(O)CO)OCC(CO)OCC(O)CO. The summed E-state index contributed by atoms with van der Waals surface area (Å²) in [5.74, 6) is 0. The third-order valence-electron chi connectivity index (χ3n) is 10.7. The van der Waals surface area contributed by atoms with Crippen LogP contribution in [0.5, 0.6) is 0 Å². The van der Waals surface area contributed by atoms with Gasteiger partial charge in [-0.25, -0.2) is 0 Å². The van der Waals surface area contributed by atoms with Crippen LogP contribution in [-0.4, -0.2) is 403 Å². The van der Waals surface area contributed by atoms with E-state index in [1.165, 1.54) is 7.11 Å². The molecule has 33 nitrogen and oxygen atoms in total. The zero-order valence-corrected chi connectivity index (χ0v) is 47.0. The molecule has 0 aromatic carbocycles. The molecule has 0 aromatic rings. The van der Waals surface area contributed by atoms with Gasteiger partial charge in [-0.3, -0.25) is 0 Å². The van der Waals surface area contributed by atoms with Crippen molar-refractivity contribution in [2.75, 3.05) is 219 Å². The molecule has 17 N–H and O–H groups in total. The maximum atomic E-state index is 10.6. The van der Waals surface area contributed by atoms with Gasteiger partial charge in [-0.1, -0.05) is 0 Å². The number of aliphatic hydroxyl groups excluding tert-OH is 17. The average molecular weight is 1220 g/mol. The fourth-order valence-corrected chi connectivity index (χ4v) is 6.09. The highest BCUT2D eigenvalue weighted by atomic mass is 16.6. The normalized spacial score (nSPS) is 18.2. The van der Waals surface area contributed by atoms with Crippen molar-refractivity contribution in [1.29, 1.82) is 0 Å². The Hall–Kier alpha value is -1.32. The Labute approximate surface area is 478 Å². The van der Waals surface area contributed by atoms with E-state index in [0.717, 1.165) is 0 Å². The molecule has 494 valence electrons. The minimum atomic E-state index is -1.23. The highest BCUT2D eigenvalue weighted by Crippen LogP contribution is 2.10. The molecule has 0 bridgehead atoms. The van der Waals surface area contributed by atoms with Crippen molar-refractivity contribution in [2.45, 2.75) is 97.7 Å². The van der Waals surface area contributed by atoms with Gasteiger partial charge in [0.2, 0.25) is 0 Å². The predicted molar refractivity (Wildman–Crippen MR) is 277 cm³/mol. The minimum absolute atomic E-state index is 0.0238. The summed E-state index contributed by atoms with van der Waals surface area (Å²) < 4.78 is 91.1. The lowest BCUT2D eigenvalue weighted by atomic mass is 10.3. The molecule has 0 saturated carbocycles. The maximum Gasteiger partial charge on any atom is 0.104 e. The Bertz CT molecular complexity index is 1340. The molecule has 0 radical (unpaired) electrons. The molecule has 0 amide bonds. The van der Waals surface area contributed by atoms with E-state index >= 15 is 0 Å². The van der Waals surface area contributed by atoms with E-state index in [4.69, 9.17) is 96.2 Å². The predicted octanol–water partition coefficient (Wildman–Crippen LogP) is -10.4. The molecule has 0 aliphatic heterocycles. The number of hydrogen-bond acceptors (Lipinski definition) is 33. The van der Waals surface area contributed by atoms with Crippen LogP contribution < -0.4 is 0 Å². The summed E-state index contributed by atoms with van der Waals surface area (Å²) in [6.07, 6.45) is -16.7. The zero-order valence-electron chi connectivity index (χ0n) is 47.0. The molecule has 0 spiro atoms. The average Bonchev–Trinajstić information content (AvgIpc) is 3.48. The van der Waals surface area contributed by atoms with Gasteiger partial charge in [0.1, 0.15) is 97.7 Å². The largest absolute Gasteiger partial charge is 0.394 e. The summed E-state index contributed by atoms with van der Waals surface area (Å²) in [6, 6.07) is 0. The fourth-order valence-electron chi connectivity index (χ4n) is 6.09. The first kappa shape index (κ1) is 80.7. The summed E-state index contributed by atoms with van der Waals surface area (Å²) in [5.41, 5.74) is 0. The summed E-state index contributed by atoms with van der Waals surface area (Å²) in [6.45, 7) is -10.1. The van der Waals surface area contributed by atoms with E-state index in [0.29, 0.717) is 0 Å². The van der Waals surface area contributed by atoms with Crippen LogP contribution >= 0.6 is 0 Å². The Balaban J connectivity index is 6.25. The highest BCUT2D eigenvalue weighted by molar-refractivity contribution is 4.70. The second-order valence-electron chi connectivity index (χ2n) is 18.7. The van der Waals surface area contributed by atoms with E-state index in [2.05, 4.69) is 0 Å². The number of hydrogen-bond donors (Lipinski definition) is 17. The first-order valence-corrected chi connectivity index (χ1v) is 26.9. The molecule has 82 heavy (non-hydrogen) atoms. The second-order valence-corrected chi connectivity index (χ2v) is 18.7. The molecule has 16 atom stereocenters. The standard InChI is InChI=1S/C49H100O33/c1-67-21-45(23-72-26-47(79-20-41(66)15-69-12-35(60)3-51)27-73-29-48(24-70-13-36(61)4-52)80-31-43(9-57)76-17-38(63)6-54)82-33-49(81-32-44(10-58)77-18-39(64)7-55)30-74-28-46(78-19-40(65)14-68-11-34(59)2-50)25-71-22-42(8-56)75-16-37(62)5-53/h34-66H,2-33H2,1H3. The van der Waals surface area contributed by atoms with Crippen LogP contribution in [0.2, 0.25) is 0 Å². The van der Waals surface area contributed by atoms with Gasteiger partial charge in [0.05, 0.1) is 211 Å². The van der Waals surface area contributed by atoms with E-state index in [1.54, 1.807) is 0 Å². The zero-order chi connectivity index (χ0) is 61.2. The monoisotopic (exact) mass is 1220 g/mol. The summed E-state index contributed by atoms with van der Waals surface area (Å²) in [4.78, 5) is 0. The van der Waals surface area contributed by atoms with Crippen molar-refractivity contribution in [3.63, 3.8) is 0 Å².